The molecule has 7 nitrogen and oxygen atoms in total. The van der Waals surface area contributed by atoms with Gasteiger partial charge in [0.2, 0.25) is 0 Å². The fraction of sp³-hybridized carbons (Fsp3) is 0.538. The maximum absolute atomic E-state index is 12.6. The summed E-state index contributed by atoms with van der Waals surface area (Å²) >= 11 is 0. The summed E-state index contributed by atoms with van der Waals surface area (Å²) < 4.78 is 5.60. The quantitative estimate of drug-likeness (QED) is 0.634. The monoisotopic (exact) mass is 445 g/mol. The molecule has 0 unspecified atom stereocenters. The van der Waals surface area contributed by atoms with Crippen LogP contribution in [0, 0.1) is 11.3 Å². The van der Waals surface area contributed by atoms with E-state index in [1.165, 1.54) is 16.7 Å². The summed E-state index contributed by atoms with van der Waals surface area (Å²) in [7, 11) is 0. The molecule has 0 bridgehead atoms. The number of hydrogen-bond acceptors (Lipinski definition) is 6. The zero-order valence-corrected chi connectivity index (χ0v) is 19.9. The molecule has 1 saturated heterocycles. The van der Waals surface area contributed by atoms with Gasteiger partial charge in [-0.15, -0.1) is 0 Å². The highest BCUT2D eigenvalue weighted by atomic mass is 16.6. The van der Waals surface area contributed by atoms with Crippen molar-refractivity contribution in [2.45, 2.75) is 70.6 Å². The molecule has 1 fully saturated rings. The Morgan fingerprint density at radius 2 is 2.00 bits per heavy atom. The van der Waals surface area contributed by atoms with Gasteiger partial charge in [-0.05, 0) is 77.1 Å². The number of nitrogens with zero attached hydrogens (tertiary/aromatic N) is 5. The molecule has 1 spiro atoms. The Morgan fingerprint density at radius 1 is 1.24 bits per heavy atom. The van der Waals surface area contributed by atoms with E-state index in [1.807, 2.05) is 31.7 Å². The summed E-state index contributed by atoms with van der Waals surface area (Å²) in [6.45, 7) is 9.98. The second-order valence-corrected chi connectivity index (χ2v) is 10.6. The van der Waals surface area contributed by atoms with Gasteiger partial charge in [0, 0.05) is 42.0 Å². The normalized spacial score (nSPS) is 23.4. The van der Waals surface area contributed by atoms with Gasteiger partial charge in [0.25, 0.3) is 0 Å². The van der Waals surface area contributed by atoms with E-state index in [1.54, 1.807) is 6.34 Å². The molecule has 3 heterocycles. The zero-order chi connectivity index (χ0) is 23.4. The van der Waals surface area contributed by atoms with Crippen LogP contribution in [0.1, 0.15) is 64.5 Å². The van der Waals surface area contributed by atoms with Crippen LogP contribution in [0.3, 0.4) is 0 Å². The topological polar surface area (TPSA) is 81.3 Å². The average Bonchev–Trinajstić information content (AvgIpc) is 3.31. The first kappa shape index (κ1) is 21.7. The molecule has 4 aliphatic rings. The maximum atomic E-state index is 12.6. The van der Waals surface area contributed by atoms with Crippen LogP contribution in [0.5, 0.6) is 0 Å². The summed E-state index contributed by atoms with van der Waals surface area (Å²) in [6.07, 6.45) is 5.07. The van der Waals surface area contributed by atoms with Crippen molar-refractivity contribution >= 4 is 23.8 Å². The van der Waals surface area contributed by atoms with Crippen LogP contribution in [0.25, 0.3) is 0 Å². The summed E-state index contributed by atoms with van der Waals surface area (Å²) in [5, 5.41) is 9.57. The third-order valence-corrected chi connectivity index (χ3v) is 7.33. The van der Waals surface area contributed by atoms with E-state index in [-0.39, 0.29) is 17.7 Å². The number of likely N-dealkylation sites (tertiary alicyclic amines) is 1. The van der Waals surface area contributed by atoms with Gasteiger partial charge in [-0.1, -0.05) is 5.57 Å². The number of allylic oxidation sites excluding steroid dienone is 1. The van der Waals surface area contributed by atoms with E-state index in [4.69, 9.17) is 9.73 Å². The zero-order valence-electron chi connectivity index (χ0n) is 19.9. The van der Waals surface area contributed by atoms with E-state index in [2.05, 4.69) is 35.0 Å². The number of aliphatic imine (C=N–C) groups is 2. The lowest BCUT2D eigenvalue weighted by Crippen LogP contribution is -2.49. The van der Waals surface area contributed by atoms with Crippen molar-refractivity contribution in [2.24, 2.45) is 9.98 Å². The summed E-state index contributed by atoms with van der Waals surface area (Å²) in [5.41, 5.74) is 6.20. The molecule has 1 atom stereocenters. The van der Waals surface area contributed by atoms with Crippen LogP contribution in [-0.4, -0.2) is 54.4 Å². The summed E-state index contributed by atoms with van der Waals surface area (Å²) in [5.74, 6) is 0. The number of rotatable bonds is 1. The lowest BCUT2D eigenvalue weighted by molar-refractivity contribution is 0.0170. The van der Waals surface area contributed by atoms with E-state index in [0.717, 1.165) is 43.6 Å². The second-order valence-electron chi connectivity index (χ2n) is 10.6. The van der Waals surface area contributed by atoms with Gasteiger partial charge >= 0.3 is 6.09 Å². The van der Waals surface area contributed by atoms with E-state index < -0.39 is 5.60 Å². The Kier molecular flexibility index (Phi) is 5.08. The molecule has 1 amide bonds. The van der Waals surface area contributed by atoms with Crippen molar-refractivity contribution in [3.63, 3.8) is 0 Å². The van der Waals surface area contributed by atoms with Gasteiger partial charge in [-0.25, -0.2) is 14.8 Å². The first-order valence-corrected chi connectivity index (χ1v) is 11.8. The minimum Gasteiger partial charge on any atom is -0.444 e. The Balaban J connectivity index is 1.46. The Bertz CT molecular complexity index is 1130. The Labute approximate surface area is 195 Å². The molecule has 3 aliphatic heterocycles. The van der Waals surface area contributed by atoms with Crippen molar-refractivity contribution in [3.05, 3.63) is 40.5 Å². The summed E-state index contributed by atoms with van der Waals surface area (Å²) in [6, 6.07) is 8.34. The number of hydrogen-bond donors (Lipinski definition) is 0. The number of fused-ring (bicyclic) bond motifs is 3. The molecule has 1 aromatic rings. The van der Waals surface area contributed by atoms with Crippen molar-refractivity contribution in [3.8, 4) is 6.07 Å². The highest BCUT2D eigenvalue weighted by Gasteiger charge is 2.48. The van der Waals surface area contributed by atoms with Crippen molar-refractivity contribution in [2.75, 3.05) is 24.5 Å². The van der Waals surface area contributed by atoms with Crippen LogP contribution in [0.2, 0.25) is 0 Å². The number of anilines is 1. The maximum Gasteiger partial charge on any atom is 0.410 e. The number of nitriles is 1. The molecule has 0 N–H and O–H groups in total. The molecule has 0 radical (unpaired) electrons. The first-order chi connectivity index (χ1) is 15.7. The SMILES string of the molecule is CC1=C2C(=NC=N[C@H]2N2CC3(CCN(C(=O)OC(C)(C)C)CC3)c3cc(C#N)ccc32)CC1. The molecule has 0 aromatic heterocycles. The van der Waals surface area contributed by atoms with Crippen molar-refractivity contribution < 1.29 is 9.53 Å². The molecule has 1 aromatic carbocycles. The minimum absolute atomic E-state index is 0.0741. The Hall–Kier alpha value is -3.14. The number of carbonyl (C=O) groups excluding carboxylic acids is 1. The van der Waals surface area contributed by atoms with E-state index in [0.29, 0.717) is 18.7 Å². The van der Waals surface area contributed by atoms with E-state index >= 15 is 0 Å². The molecule has 172 valence electrons. The predicted molar refractivity (Wildman–Crippen MR) is 129 cm³/mol. The van der Waals surface area contributed by atoms with Crippen LogP contribution in [0.4, 0.5) is 10.5 Å². The summed E-state index contributed by atoms with van der Waals surface area (Å²) in [4.78, 5) is 26.2. The lowest BCUT2D eigenvalue weighted by Gasteiger charge is -2.41. The average molecular weight is 446 g/mol. The van der Waals surface area contributed by atoms with Crippen LogP contribution < -0.4 is 4.90 Å². The minimum atomic E-state index is -0.504. The molecule has 0 saturated carbocycles. The largest absolute Gasteiger partial charge is 0.444 e. The molecular formula is C26H31N5O2. The second kappa shape index (κ2) is 7.72. The van der Waals surface area contributed by atoms with Crippen LogP contribution in [0.15, 0.2) is 39.3 Å². The number of benzene rings is 1. The van der Waals surface area contributed by atoms with Crippen molar-refractivity contribution in [1.82, 2.24) is 4.90 Å². The molecule has 33 heavy (non-hydrogen) atoms. The number of carbonyl (C=O) groups is 1. The van der Waals surface area contributed by atoms with Gasteiger partial charge in [0.1, 0.15) is 11.9 Å². The number of ether oxygens (including phenoxy) is 1. The third kappa shape index (κ3) is 3.72. The highest BCUT2D eigenvalue weighted by molar-refractivity contribution is 6.09. The smallest absolute Gasteiger partial charge is 0.410 e. The predicted octanol–water partition coefficient (Wildman–Crippen LogP) is 4.57. The fourth-order valence-corrected chi connectivity index (χ4v) is 5.67. The van der Waals surface area contributed by atoms with Crippen LogP contribution in [-0.2, 0) is 10.2 Å². The third-order valence-electron chi connectivity index (χ3n) is 7.33. The van der Waals surface area contributed by atoms with Gasteiger partial charge in [-0.3, -0.25) is 0 Å². The number of amides is 1. The molecule has 5 rings (SSSR count). The standard InChI is InChI=1S/C26H31N5O2/c1-17-5-7-20-22(17)23(29-16-28-20)31-15-26(19-13-18(14-27)6-8-21(19)31)9-11-30(12-10-26)24(32)33-25(2,3)4/h6,8,13,16,23H,5,7,9-12,15H2,1-4H3/t23-/m0/s1. The van der Waals surface area contributed by atoms with Gasteiger partial charge in [0.05, 0.1) is 11.6 Å². The van der Waals surface area contributed by atoms with E-state index in [9.17, 15) is 10.1 Å². The van der Waals surface area contributed by atoms with Gasteiger partial charge in [0.15, 0.2) is 6.17 Å². The molecule has 7 heteroatoms. The first-order valence-electron chi connectivity index (χ1n) is 11.8. The fourth-order valence-electron chi connectivity index (χ4n) is 5.67. The Morgan fingerprint density at radius 3 is 2.70 bits per heavy atom. The van der Waals surface area contributed by atoms with Crippen LogP contribution >= 0.6 is 0 Å². The highest BCUT2D eigenvalue weighted by Crippen LogP contribution is 2.49. The lowest BCUT2D eigenvalue weighted by atomic mass is 9.74. The van der Waals surface area contributed by atoms with Gasteiger partial charge in [-0.2, -0.15) is 5.26 Å². The van der Waals surface area contributed by atoms with Gasteiger partial charge < -0.3 is 14.5 Å². The number of piperidine rings is 1. The molecular weight excluding hydrogens is 414 g/mol. The van der Waals surface area contributed by atoms with Crippen molar-refractivity contribution in [1.29, 1.82) is 5.26 Å². The molecule has 1 aliphatic carbocycles.